The number of aromatic nitrogens is 4. The predicted octanol–water partition coefficient (Wildman–Crippen LogP) is 6.99. The van der Waals surface area contributed by atoms with Gasteiger partial charge in [0.05, 0.1) is 16.4 Å². The summed E-state index contributed by atoms with van der Waals surface area (Å²) < 4.78 is 16.7. The lowest BCUT2D eigenvalue weighted by atomic mass is 9.92. The Balaban J connectivity index is 1.17. The molecule has 0 amide bonds. The van der Waals surface area contributed by atoms with Crippen LogP contribution in [0.3, 0.4) is 0 Å². The van der Waals surface area contributed by atoms with Crippen LogP contribution in [-0.2, 0) is 6.42 Å². The van der Waals surface area contributed by atoms with Gasteiger partial charge in [-0.15, -0.1) is 11.3 Å². The van der Waals surface area contributed by atoms with Gasteiger partial charge in [0.25, 0.3) is 0 Å². The van der Waals surface area contributed by atoms with E-state index in [0.717, 1.165) is 61.5 Å². The van der Waals surface area contributed by atoms with Crippen molar-refractivity contribution in [1.82, 2.24) is 24.8 Å². The van der Waals surface area contributed by atoms with Gasteiger partial charge >= 0.3 is 5.69 Å². The van der Waals surface area contributed by atoms with Gasteiger partial charge < -0.3 is 21.4 Å². The second kappa shape index (κ2) is 13.6. The molecule has 3 aromatic heterocycles. The molecule has 11 heteroatoms. The number of hydrogen-bond donors (Lipinski definition) is 4. The van der Waals surface area contributed by atoms with Crippen LogP contribution in [0.4, 0.5) is 9.52 Å². The number of hydrogen-bond acceptors (Lipinski definition) is 7. The first-order valence-corrected chi connectivity index (χ1v) is 16.5. The molecular formula is C33H37ClFN7OS. The van der Waals surface area contributed by atoms with Crippen molar-refractivity contribution in [3.8, 4) is 16.9 Å². The zero-order valence-corrected chi connectivity index (χ0v) is 26.2. The lowest BCUT2D eigenvalue weighted by Gasteiger charge is -2.31. The average Bonchev–Trinajstić information content (AvgIpc) is 3.68. The van der Waals surface area contributed by atoms with Gasteiger partial charge in [0, 0.05) is 53.4 Å². The van der Waals surface area contributed by atoms with E-state index in [1.165, 1.54) is 16.6 Å². The van der Waals surface area contributed by atoms with Crippen molar-refractivity contribution in [2.24, 2.45) is 5.73 Å². The number of thiazole rings is 1. The fourth-order valence-electron chi connectivity index (χ4n) is 5.98. The topological polar surface area (TPSA) is 114 Å². The minimum Gasteiger partial charge on any atom is -0.361 e. The molecule has 0 spiro atoms. The molecule has 0 aliphatic carbocycles. The summed E-state index contributed by atoms with van der Waals surface area (Å²) in [5.74, 6) is -0.505. The number of nitrogens with two attached hydrogens (primary N) is 1. The number of nitrogens with zero attached hydrogens (tertiary/aromatic N) is 3. The molecule has 1 aliphatic heterocycles. The van der Waals surface area contributed by atoms with E-state index >= 15 is 4.39 Å². The zero-order chi connectivity index (χ0) is 30.6. The van der Waals surface area contributed by atoms with E-state index < -0.39 is 11.5 Å². The Kier molecular flexibility index (Phi) is 9.42. The number of nitrogens with one attached hydrogen (secondary N) is 3. The van der Waals surface area contributed by atoms with Crippen molar-refractivity contribution in [2.45, 2.75) is 70.0 Å². The highest BCUT2D eigenvalue weighted by molar-refractivity contribution is 7.13. The summed E-state index contributed by atoms with van der Waals surface area (Å²) in [5, 5.41) is 10.9. The van der Waals surface area contributed by atoms with E-state index in [0.29, 0.717) is 28.3 Å². The monoisotopic (exact) mass is 633 g/mol. The first-order chi connectivity index (χ1) is 21.3. The number of anilines is 1. The SMILES string of the molecule is C[C@H](N)CCCc1cc(Cl)c(F)c(-c2cc3cn(-c4ccc([C@@H]5CCC[C@@H](CCNc6nccs6)N5)cc4)c(=O)nc3[nH]2)c1. The maximum atomic E-state index is 15.1. The molecule has 5 N–H and O–H groups in total. The van der Waals surface area contributed by atoms with Crippen LogP contribution in [0.15, 0.2) is 65.0 Å². The van der Waals surface area contributed by atoms with Crippen molar-refractivity contribution in [2.75, 3.05) is 11.9 Å². The second-order valence-corrected chi connectivity index (χ2v) is 13.0. The van der Waals surface area contributed by atoms with Gasteiger partial charge in [0.1, 0.15) is 5.65 Å². The van der Waals surface area contributed by atoms with Crippen LogP contribution in [0.5, 0.6) is 0 Å². The van der Waals surface area contributed by atoms with E-state index in [9.17, 15) is 4.79 Å². The molecule has 3 atom stereocenters. The third kappa shape index (κ3) is 7.04. The molecule has 2 aromatic carbocycles. The molecule has 0 saturated carbocycles. The third-order valence-electron chi connectivity index (χ3n) is 8.27. The van der Waals surface area contributed by atoms with Crippen molar-refractivity contribution in [3.63, 3.8) is 0 Å². The van der Waals surface area contributed by atoms with E-state index in [4.69, 9.17) is 17.3 Å². The van der Waals surface area contributed by atoms with Crippen LogP contribution < -0.4 is 22.1 Å². The molecule has 8 nitrogen and oxygen atoms in total. The van der Waals surface area contributed by atoms with Crippen LogP contribution in [0, 0.1) is 5.82 Å². The third-order valence-corrected chi connectivity index (χ3v) is 9.27. The Bertz CT molecular complexity index is 1770. The number of aromatic amines is 1. The number of rotatable bonds is 11. The summed E-state index contributed by atoms with van der Waals surface area (Å²) >= 11 is 7.88. The highest BCUT2D eigenvalue weighted by Gasteiger charge is 2.22. The van der Waals surface area contributed by atoms with Crippen molar-refractivity contribution >= 4 is 39.1 Å². The summed E-state index contributed by atoms with van der Waals surface area (Å²) in [7, 11) is 0. The average molecular weight is 634 g/mol. The highest BCUT2D eigenvalue weighted by atomic mass is 35.5. The van der Waals surface area contributed by atoms with E-state index in [-0.39, 0.29) is 17.1 Å². The van der Waals surface area contributed by atoms with Crippen LogP contribution in [-0.4, -0.2) is 38.1 Å². The molecule has 6 rings (SSSR count). The molecule has 1 aliphatic rings. The van der Waals surface area contributed by atoms with Crippen molar-refractivity contribution in [1.29, 1.82) is 0 Å². The Morgan fingerprint density at radius 1 is 1.23 bits per heavy atom. The Hall–Kier alpha value is -3.57. The molecule has 5 aromatic rings. The maximum Gasteiger partial charge on any atom is 0.354 e. The van der Waals surface area contributed by atoms with Crippen molar-refractivity contribution < 1.29 is 4.39 Å². The normalized spacial score (nSPS) is 17.6. The first kappa shape index (κ1) is 30.5. The van der Waals surface area contributed by atoms with Crippen molar-refractivity contribution in [3.05, 3.63) is 92.7 Å². The smallest absolute Gasteiger partial charge is 0.354 e. The minimum absolute atomic E-state index is 0.0655. The lowest BCUT2D eigenvalue weighted by Crippen LogP contribution is -2.38. The number of H-pyrrole nitrogens is 1. The number of fused-ring (bicyclic) bond motifs is 1. The summed E-state index contributed by atoms with van der Waals surface area (Å²) in [6.45, 7) is 2.86. The largest absolute Gasteiger partial charge is 0.361 e. The predicted molar refractivity (Wildman–Crippen MR) is 177 cm³/mol. The molecule has 0 bridgehead atoms. The quantitative estimate of drug-likeness (QED) is 0.125. The Labute approximate surface area is 264 Å². The summed E-state index contributed by atoms with van der Waals surface area (Å²) in [6.07, 6.45) is 10.5. The first-order valence-electron chi connectivity index (χ1n) is 15.2. The fraction of sp³-hybridized carbons (Fsp3) is 0.364. The number of aryl methyl sites for hydroxylation is 1. The van der Waals surface area contributed by atoms with Gasteiger partial charge in [0.2, 0.25) is 0 Å². The molecule has 0 unspecified atom stereocenters. The molecular weight excluding hydrogens is 597 g/mol. The second-order valence-electron chi connectivity index (χ2n) is 11.7. The van der Waals surface area contributed by atoms with Crippen LogP contribution in [0.25, 0.3) is 28.0 Å². The van der Waals surface area contributed by atoms with Gasteiger partial charge in [-0.1, -0.05) is 30.2 Å². The molecule has 44 heavy (non-hydrogen) atoms. The fourth-order valence-corrected chi connectivity index (χ4v) is 6.78. The molecule has 1 fully saturated rings. The van der Waals surface area contributed by atoms with Gasteiger partial charge in [-0.2, -0.15) is 4.98 Å². The standard InChI is InChI=1S/C33H37ClFN7OS/c1-20(36)4-2-5-21-16-26(30(35)27(34)17-21)29-18-23-19-42(33(43)41-31(23)40-29)25-10-8-22(9-11-25)28-7-3-6-24(39-28)12-13-37-32-38-14-15-44-32/h8-11,14-20,24,28,39H,2-7,12-13,36H2,1H3,(H,37,38)(H,40,41,43)/t20-,24-,28-/m0/s1. The maximum absolute atomic E-state index is 15.1. The number of halogens is 2. The van der Waals surface area contributed by atoms with E-state index in [2.05, 4.69) is 37.7 Å². The van der Waals surface area contributed by atoms with Crippen LogP contribution in [0.1, 0.15) is 62.6 Å². The lowest BCUT2D eigenvalue weighted by molar-refractivity contribution is 0.316. The summed E-state index contributed by atoms with van der Waals surface area (Å²) in [5.41, 5.74) is 9.60. The highest BCUT2D eigenvalue weighted by Crippen LogP contribution is 2.32. The molecule has 0 radical (unpaired) electrons. The minimum atomic E-state index is -0.505. The Morgan fingerprint density at radius 3 is 2.84 bits per heavy atom. The van der Waals surface area contributed by atoms with E-state index in [1.54, 1.807) is 29.7 Å². The van der Waals surface area contributed by atoms with Gasteiger partial charge in [0.15, 0.2) is 10.9 Å². The number of benzene rings is 2. The summed E-state index contributed by atoms with van der Waals surface area (Å²) in [6, 6.07) is 14.2. The van der Waals surface area contributed by atoms with Gasteiger partial charge in [-0.3, -0.25) is 4.57 Å². The summed E-state index contributed by atoms with van der Waals surface area (Å²) in [4.78, 5) is 24.7. The molecule has 1 saturated heterocycles. The van der Waals surface area contributed by atoms with E-state index in [1.807, 2.05) is 36.7 Å². The van der Waals surface area contributed by atoms with Gasteiger partial charge in [-0.05, 0) is 86.9 Å². The van der Waals surface area contributed by atoms with Crippen LogP contribution >= 0.6 is 22.9 Å². The van der Waals surface area contributed by atoms with Crippen LogP contribution in [0.2, 0.25) is 5.02 Å². The Morgan fingerprint density at radius 2 is 2.07 bits per heavy atom. The molecule has 4 heterocycles. The van der Waals surface area contributed by atoms with Gasteiger partial charge in [-0.25, -0.2) is 14.2 Å². The molecule has 230 valence electrons. The number of piperidine rings is 1. The zero-order valence-electron chi connectivity index (χ0n) is 24.7.